The Balaban J connectivity index is 1.67. The summed E-state index contributed by atoms with van der Waals surface area (Å²) in [6.07, 6.45) is 3.99. The number of aromatic nitrogens is 2. The Kier molecular flexibility index (Phi) is 6.37. The number of imidazole rings is 1. The fourth-order valence-corrected chi connectivity index (χ4v) is 4.75. The van der Waals surface area contributed by atoms with E-state index in [0.29, 0.717) is 54.6 Å². The Morgan fingerprint density at radius 3 is 2.57 bits per heavy atom. The number of carbonyl (C=O) groups excluding carboxylic acids is 1. The predicted molar refractivity (Wildman–Crippen MR) is 130 cm³/mol. The van der Waals surface area contributed by atoms with Gasteiger partial charge in [0.05, 0.1) is 11.3 Å². The summed E-state index contributed by atoms with van der Waals surface area (Å²) in [5.74, 6) is 0.171. The van der Waals surface area contributed by atoms with Crippen LogP contribution in [0.5, 0.6) is 0 Å². The minimum atomic E-state index is -0.640. The summed E-state index contributed by atoms with van der Waals surface area (Å²) in [6, 6.07) is 14.3. The quantitative estimate of drug-likeness (QED) is 0.546. The van der Waals surface area contributed by atoms with Gasteiger partial charge in [0.2, 0.25) is 0 Å². The van der Waals surface area contributed by atoms with Crippen molar-refractivity contribution in [1.29, 1.82) is 5.26 Å². The smallest absolute Gasteiger partial charge is 0.274 e. The second kappa shape index (κ2) is 9.61. The number of carbonyl (C=O) groups is 1. The van der Waals surface area contributed by atoms with E-state index >= 15 is 0 Å². The van der Waals surface area contributed by atoms with Gasteiger partial charge in [-0.3, -0.25) is 9.36 Å². The number of rotatable bonds is 7. The van der Waals surface area contributed by atoms with Crippen molar-refractivity contribution in [2.24, 2.45) is 5.73 Å². The number of hydrogen-bond donors (Lipinski definition) is 2. The molecule has 8 heteroatoms. The van der Waals surface area contributed by atoms with Crippen molar-refractivity contribution in [3.63, 3.8) is 0 Å². The lowest BCUT2D eigenvalue weighted by Gasteiger charge is -2.17. The number of hydrogen-bond acceptors (Lipinski definition) is 5. The molecule has 1 aromatic heterocycles. The molecule has 1 amide bonds. The van der Waals surface area contributed by atoms with Crippen LogP contribution >= 0.6 is 0 Å². The van der Waals surface area contributed by atoms with E-state index in [1.807, 2.05) is 22.8 Å². The first kappa shape index (κ1) is 23.2. The van der Waals surface area contributed by atoms with Crippen LogP contribution in [0.25, 0.3) is 17.1 Å². The van der Waals surface area contributed by atoms with Gasteiger partial charge in [-0.15, -0.1) is 0 Å². The first-order valence-electron chi connectivity index (χ1n) is 12.1. The molecule has 0 bridgehead atoms. The molecule has 2 heterocycles. The van der Waals surface area contributed by atoms with Crippen molar-refractivity contribution in [3.8, 4) is 23.1 Å². The van der Waals surface area contributed by atoms with Crippen LogP contribution in [-0.4, -0.2) is 51.2 Å². The number of halogens is 1. The Labute approximate surface area is 203 Å². The Morgan fingerprint density at radius 2 is 1.97 bits per heavy atom. The van der Waals surface area contributed by atoms with E-state index in [1.54, 1.807) is 11.0 Å². The van der Waals surface area contributed by atoms with Crippen molar-refractivity contribution in [2.75, 3.05) is 19.7 Å². The molecule has 1 aliphatic heterocycles. The first-order valence-corrected chi connectivity index (χ1v) is 12.1. The van der Waals surface area contributed by atoms with Gasteiger partial charge in [-0.25, -0.2) is 9.37 Å². The third-order valence-electron chi connectivity index (χ3n) is 6.81. The van der Waals surface area contributed by atoms with Crippen LogP contribution in [-0.2, 0) is 6.42 Å². The molecular weight excluding hydrogens is 445 g/mol. The third-order valence-corrected chi connectivity index (χ3v) is 6.81. The molecule has 2 fully saturated rings. The highest BCUT2D eigenvalue weighted by atomic mass is 19.1. The number of nitrogens with zero attached hydrogens (tertiary/aromatic N) is 4. The van der Waals surface area contributed by atoms with Crippen LogP contribution in [0.1, 0.15) is 58.9 Å². The van der Waals surface area contributed by atoms with Crippen LogP contribution in [0.15, 0.2) is 42.5 Å². The summed E-state index contributed by atoms with van der Waals surface area (Å²) in [4.78, 5) is 20.0. The highest BCUT2D eigenvalue weighted by molar-refractivity contribution is 5.95. The maximum atomic E-state index is 14.6. The molecule has 35 heavy (non-hydrogen) atoms. The number of aliphatic hydroxyl groups is 1. The van der Waals surface area contributed by atoms with Crippen molar-refractivity contribution < 1.29 is 14.3 Å². The van der Waals surface area contributed by atoms with E-state index < -0.39 is 5.82 Å². The van der Waals surface area contributed by atoms with Gasteiger partial charge < -0.3 is 15.7 Å². The van der Waals surface area contributed by atoms with E-state index in [0.717, 1.165) is 12.1 Å². The number of benzene rings is 2. The topological polar surface area (TPSA) is 108 Å². The van der Waals surface area contributed by atoms with E-state index in [9.17, 15) is 14.3 Å². The summed E-state index contributed by atoms with van der Waals surface area (Å²) < 4.78 is 16.5. The van der Waals surface area contributed by atoms with Crippen molar-refractivity contribution >= 4 is 5.91 Å². The van der Waals surface area contributed by atoms with Gasteiger partial charge in [0.25, 0.3) is 5.91 Å². The number of nitrogens with two attached hydrogens (primary N) is 1. The molecule has 0 radical (unpaired) electrons. The van der Waals surface area contributed by atoms with Crippen LogP contribution in [0.2, 0.25) is 0 Å². The Bertz CT molecular complexity index is 1290. The fourth-order valence-electron chi connectivity index (χ4n) is 4.75. The molecule has 0 unspecified atom stereocenters. The van der Waals surface area contributed by atoms with Gasteiger partial charge in [-0.1, -0.05) is 12.1 Å². The van der Waals surface area contributed by atoms with E-state index in [2.05, 4.69) is 12.1 Å². The van der Waals surface area contributed by atoms with E-state index in [1.165, 1.54) is 30.5 Å². The monoisotopic (exact) mass is 473 g/mol. The fraction of sp³-hybridized carbons (Fsp3) is 0.370. The molecule has 180 valence electrons. The van der Waals surface area contributed by atoms with Crippen molar-refractivity contribution in [3.05, 3.63) is 70.8 Å². The lowest BCUT2D eigenvalue weighted by atomic mass is 10.1. The van der Waals surface area contributed by atoms with Gasteiger partial charge in [0.1, 0.15) is 17.7 Å². The number of likely N-dealkylation sites (tertiary alicyclic amines) is 1. The molecule has 1 saturated heterocycles. The molecule has 1 saturated carbocycles. The maximum Gasteiger partial charge on any atom is 0.274 e. The average molecular weight is 474 g/mol. The maximum absolute atomic E-state index is 14.6. The van der Waals surface area contributed by atoms with Crippen molar-refractivity contribution in [1.82, 2.24) is 14.5 Å². The standard InChI is InChI=1S/C27H28FN5O2/c28-23-14-19(5-6-20(23)15-29)26-31-25(27(35)32-12-11-21(30)16-32)24(2-1-13-34)33(26)22-9-7-18(8-10-22)17-3-4-17/h5-10,14,17,21,34H,1-4,11-13,16,30H2/t21-/m1/s1. The first-order chi connectivity index (χ1) is 17.0. The summed E-state index contributed by atoms with van der Waals surface area (Å²) in [5, 5.41) is 18.7. The van der Waals surface area contributed by atoms with E-state index in [-0.39, 0.29) is 24.1 Å². The van der Waals surface area contributed by atoms with Crippen LogP contribution in [0.3, 0.4) is 0 Å². The molecular formula is C27H28FN5O2. The van der Waals surface area contributed by atoms with Gasteiger partial charge in [0, 0.05) is 37.0 Å². The number of aliphatic hydroxyl groups excluding tert-OH is 1. The highest BCUT2D eigenvalue weighted by Crippen LogP contribution is 2.40. The molecule has 2 aliphatic rings. The van der Waals surface area contributed by atoms with Crippen LogP contribution in [0, 0.1) is 17.1 Å². The summed E-state index contributed by atoms with van der Waals surface area (Å²) in [7, 11) is 0. The summed E-state index contributed by atoms with van der Waals surface area (Å²) in [6.45, 7) is 0.986. The second-order valence-electron chi connectivity index (χ2n) is 9.37. The molecule has 7 nitrogen and oxygen atoms in total. The SMILES string of the molecule is N#Cc1ccc(-c2nc(C(=O)N3CC[C@@H](N)C3)c(CCCO)n2-c2ccc(C3CC3)cc2)cc1F. The zero-order valence-corrected chi connectivity index (χ0v) is 19.5. The zero-order valence-electron chi connectivity index (χ0n) is 19.5. The summed E-state index contributed by atoms with van der Waals surface area (Å²) >= 11 is 0. The molecule has 3 N–H and O–H groups in total. The molecule has 0 spiro atoms. The largest absolute Gasteiger partial charge is 0.396 e. The Morgan fingerprint density at radius 1 is 1.20 bits per heavy atom. The summed E-state index contributed by atoms with van der Waals surface area (Å²) in [5.41, 5.74) is 9.51. The molecule has 5 rings (SSSR count). The van der Waals surface area contributed by atoms with Gasteiger partial charge in [-0.2, -0.15) is 5.26 Å². The number of nitriles is 1. The van der Waals surface area contributed by atoms with Gasteiger partial charge in [0.15, 0.2) is 5.69 Å². The third kappa shape index (κ3) is 4.57. The van der Waals surface area contributed by atoms with Gasteiger partial charge in [-0.05, 0) is 73.9 Å². The minimum absolute atomic E-state index is 0.0329. The molecule has 2 aromatic carbocycles. The Hall–Kier alpha value is -3.54. The van der Waals surface area contributed by atoms with Crippen molar-refractivity contribution in [2.45, 2.75) is 44.1 Å². The lowest BCUT2D eigenvalue weighted by Crippen LogP contribution is -2.32. The predicted octanol–water partition coefficient (Wildman–Crippen LogP) is 3.53. The molecule has 1 atom stereocenters. The minimum Gasteiger partial charge on any atom is -0.396 e. The highest BCUT2D eigenvalue weighted by Gasteiger charge is 2.31. The second-order valence-corrected chi connectivity index (χ2v) is 9.37. The zero-order chi connectivity index (χ0) is 24.5. The average Bonchev–Trinajstić information content (AvgIpc) is 3.52. The molecule has 1 aliphatic carbocycles. The normalized spacial score (nSPS) is 17.5. The lowest BCUT2D eigenvalue weighted by molar-refractivity contribution is 0.0784. The van der Waals surface area contributed by atoms with E-state index in [4.69, 9.17) is 16.0 Å². The number of amides is 1. The van der Waals surface area contributed by atoms with Gasteiger partial charge >= 0.3 is 0 Å². The van der Waals surface area contributed by atoms with Crippen LogP contribution in [0.4, 0.5) is 4.39 Å². The molecule has 3 aromatic rings. The van der Waals surface area contributed by atoms with Crippen LogP contribution < -0.4 is 5.73 Å².